The van der Waals surface area contributed by atoms with E-state index in [0.29, 0.717) is 22.9 Å². The van der Waals surface area contributed by atoms with Gasteiger partial charge < -0.3 is 29.6 Å². The summed E-state index contributed by atoms with van der Waals surface area (Å²) in [4.78, 5) is 48.1. The zero-order chi connectivity index (χ0) is 27.3. The highest BCUT2D eigenvalue weighted by Gasteiger charge is 2.12. The molecule has 0 saturated carbocycles. The molecular weight excluding hydrogens is 492 g/mol. The van der Waals surface area contributed by atoms with E-state index < -0.39 is 11.8 Å². The van der Waals surface area contributed by atoms with Gasteiger partial charge in [-0.15, -0.1) is 0 Å². The molecule has 0 bridgehead atoms. The zero-order valence-electron chi connectivity index (χ0n) is 21.0. The number of hydrogen-bond donors (Lipinski definition) is 2. The minimum Gasteiger partial charge on any atom is -0.493 e. The Morgan fingerprint density at radius 1 is 0.605 bits per heavy atom. The van der Waals surface area contributed by atoms with Crippen LogP contribution in [0, 0.1) is 0 Å². The Kier molecular flexibility index (Phi) is 10.2. The average Bonchev–Trinajstić information content (AvgIpc) is 2.93. The van der Waals surface area contributed by atoms with Gasteiger partial charge in [-0.3, -0.25) is 19.2 Å². The first-order valence-electron chi connectivity index (χ1n) is 11.7. The Balaban J connectivity index is 1.59. The predicted molar refractivity (Wildman–Crippen MR) is 139 cm³/mol. The lowest BCUT2D eigenvalue weighted by atomic mass is 10.1. The molecule has 2 amide bonds. The highest BCUT2D eigenvalue weighted by atomic mass is 16.5. The van der Waals surface area contributed by atoms with Gasteiger partial charge in [0, 0.05) is 34.6 Å². The van der Waals surface area contributed by atoms with Crippen LogP contribution in [0.4, 0.5) is 11.4 Å². The van der Waals surface area contributed by atoms with Gasteiger partial charge in [-0.05, 0) is 42.5 Å². The number of esters is 2. The van der Waals surface area contributed by atoms with E-state index in [1.54, 1.807) is 66.7 Å². The molecule has 3 aromatic rings. The molecule has 10 nitrogen and oxygen atoms in total. The summed E-state index contributed by atoms with van der Waals surface area (Å²) in [6.45, 7) is 0.285. The molecule has 0 unspecified atom stereocenters. The Morgan fingerprint density at radius 2 is 1.03 bits per heavy atom. The monoisotopic (exact) mass is 520 g/mol. The van der Waals surface area contributed by atoms with Crippen LogP contribution < -0.4 is 20.1 Å². The Morgan fingerprint density at radius 3 is 1.45 bits per heavy atom. The van der Waals surface area contributed by atoms with E-state index in [4.69, 9.17) is 9.47 Å². The standard InChI is InChI=1S/C28H28N2O8/c1-35-25(31)12-14-37-23-10-4-8-21(17-23)29-27(33)19-6-3-7-20(16-19)28(34)30-22-9-5-11-24(18-22)38-15-13-26(32)36-2/h3-11,16-18H,12-15H2,1-2H3,(H,29,33)(H,30,34). The predicted octanol–water partition coefficient (Wildman–Crippen LogP) is 4.08. The molecule has 0 atom stereocenters. The second-order valence-electron chi connectivity index (χ2n) is 7.89. The van der Waals surface area contributed by atoms with Crippen LogP contribution in [0.2, 0.25) is 0 Å². The number of nitrogens with one attached hydrogen (secondary N) is 2. The van der Waals surface area contributed by atoms with Crippen LogP contribution in [0.5, 0.6) is 11.5 Å². The third kappa shape index (κ3) is 8.66. The van der Waals surface area contributed by atoms with Gasteiger partial charge in [-0.1, -0.05) is 18.2 Å². The molecule has 3 rings (SSSR count). The molecule has 0 aliphatic heterocycles. The lowest BCUT2D eigenvalue weighted by Crippen LogP contribution is -2.15. The van der Waals surface area contributed by atoms with Crippen LogP contribution in [0.15, 0.2) is 72.8 Å². The van der Waals surface area contributed by atoms with Gasteiger partial charge >= 0.3 is 11.9 Å². The maximum Gasteiger partial charge on any atom is 0.308 e. The number of anilines is 2. The van der Waals surface area contributed by atoms with Gasteiger partial charge in [0.15, 0.2) is 0 Å². The number of methoxy groups -OCH3 is 2. The number of rotatable bonds is 12. The molecule has 0 heterocycles. The highest BCUT2D eigenvalue weighted by molar-refractivity contribution is 6.08. The molecule has 3 aromatic carbocycles. The van der Waals surface area contributed by atoms with E-state index in [-0.39, 0.29) is 49.1 Å². The fourth-order valence-electron chi connectivity index (χ4n) is 3.24. The number of carbonyl (C=O) groups is 4. The SMILES string of the molecule is COC(=O)CCOc1cccc(NC(=O)c2cccc(C(=O)Nc3cccc(OCCC(=O)OC)c3)c2)c1. The van der Waals surface area contributed by atoms with Crippen molar-refractivity contribution in [3.05, 3.63) is 83.9 Å². The molecule has 0 fully saturated rings. The second-order valence-corrected chi connectivity index (χ2v) is 7.89. The fourth-order valence-corrected chi connectivity index (χ4v) is 3.24. The Hall–Kier alpha value is -4.86. The van der Waals surface area contributed by atoms with Crippen molar-refractivity contribution >= 4 is 35.1 Å². The first kappa shape index (κ1) is 27.7. The van der Waals surface area contributed by atoms with Gasteiger partial charge in [-0.25, -0.2) is 0 Å². The molecule has 0 aromatic heterocycles. The van der Waals surface area contributed by atoms with Crippen LogP contribution in [-0.4, -0.2) is 51.2 Å². The summed E-state index contributed by atoms with van der Waals surface area (Å²) in [6.07, 6.45) is 0.212. The van der Waals surface area contributed by atoms with Crippen molar-refractivity contribution in [1.82, 2.24) is 0 Å². The van der Waals surface area contributed by atoms with E-state index in [0.717, 1.165) is 0 Å². The van der Waals surface area contributed by atoms with Crippen molar-refractivity contribution in [3.8, 4) is 11.5 Å². The van der Waals surface area contributed by atoms with E-state index >= 15 is 0 Å². The van der Waals surface area contributed by atoms with Crippen LogP contribution in [0.25, 0.3) is 0 Å². The van der Waals surface area contributed by atoms with Gasteiger partial charge in [-0.2, -0.15) is 0 Å². The van der Waals surface area contributed by atoms with Crippen LogP contribution in [0.3, 0.4) is 0 Å². The maximum absolute atomic E-state index is 12.8. The number of carbonyl (C=O) groups excluding carboxylic acids is 4. The highest BCUT2D eigenvalue weighted by Crippen LogP contribution is 2.20. The molecule has 2 N–H and O–H groups in total. The number of ether oxygens (including phenoxy) is 4. The first-order chi connectivity index (χ1) is 18.4. The smallest absolute Gasteiger partial charge is 0.308 e. The quantitative estimate of drug-likeness (QED) is 0.342. The molecular formula is C28H28N2O8. The third-order valence-electron chi connectivity index (χ3n) is 5.18. The molecule has 0 spiro atoms. The minimum atomic E-state index is -0.410. The summed E-state index contributed by atoms with van der Waals surface area (Å²) in [7, 11) is 2.61. The summed E-state index contributed by atoms with van der Waals surface area (Å²) in [5, 5.41) is 5.54. The summed E-state index contributed by atoms with van der Waals surface area (Å²) < 4.78 is 20.2. The van der Waals surface area contributed by atoms with Gasteiger partial charge in [0.25, 0.3) is 11.8 Å². The first-order valence-corrected chi connectivity index (χ1v) is 11.7. The lowest BCUT2D eigenvalue weighted by Gasteiger charge is -2.11. The number of amides is 2. The van der Waals surface area contributed by atoms with Crippen molar-refractivity contribution in [2.75, 3.05) is 38.1 Å². The average molecular weight is 521 g/mol. The Labute approximate surface area is 219 Å². The van der Waals surface area contributed by atoms with E-state index in [1.165, 1.54) is 20.3 Å². The van der Waals surface area contributed by atoms with Crippen molar-refractivity contribution in [1.29, 1.82) is 0 Å². The Bertz CT molecular complexity index is 1200. The number of benzene rings is 3. The van der Waals surface area contributed by atoms with Crippen LogP contribution in [0.1, 0.15) is 33.6 Å². The molecule has 0 radical (unpaired) electrons. The van der Waals surface area contributed by atoms with Crippen LogP contribution in [-0.2, 0) is 19.1 Å². The number of hydrogen-bond acceptors (Lipinski definition) is 8. The molecule has 10 heteroatoms. The third-order valence-corrected chi connectivity index (χ3v) is 5.18. The normalized spacial score (nSPS) is 10.2. The summed E-state index contributed by atoms with van der Waals surface area (Å²) in [6, 6.07) is 19.8. The summed E-state index contributed by atoms with van der Waals surface area (Å²) in [5.41, 5.74) is 1.55. The molecule has 0 aliphatic carbocycles. The van der Waals surface area contributed by atoms with Crippen molar-refractivity contribution < 1.29 is 38.1 Å². The zero-order valence-corrected chi connectivity index (χ0v) is 21.0. The van der Waals surface area contributed by atoms with Crippen LogP contribution >= 0.6 is 0 Å². The summed E-state index contributed by atoms with van der Waals surface area (Å²) in [5.74, 6) is -0.613. The largest absolute Gasteiger partial charge is 0.493 e. The lowest BCUT2D eigenvalue weighted by molar-refractivity contribution is -0.142. The van der Waals surface area contributed by atoms with Crippen molar-refractivity contribution in [2.24, 2.45) is 0 Å². The maximum atomic E-state index is 12.8. The van der Waals surface area contributed by atoms with Gasteiger partial charge in [0.1, 0.15) is 11.5 Å². The van der Waals surface area contributed by atoms with E-state index in [2.05, 4.69) is 20.1 Å². The topological polar surface area (TPSA) is 129 Å². The van der Waals surface area contributed by atoms with Crippen molar-refractivity contribution in [3.63, 3.8) is 0 Å². The fraction of sp³-hybridized carbons (Fsp3) is 0.214. The molecule has 0 aliphatic rings. The molecule has 38 heavy (non-hydrogen) atoms. The summed E-state index contributed by atoms with van der Waals surface area (Å²) >= 11 is 0. The van der Waals surface area contributed by atoms with Gasteiger partial charge in [0.2, 0.25) is 0 Å². The van der Waals surface area contributed by atoms with Gasteiger partial charge in [0.05, 0.1) is 40.3 Å². The van der Waals surface area contributed by atoms with E-state index in [9.17, 15) is 19.2 Å². The van der Waals surface area contributed by atoms with Crippen molar-refractivity contribution in [2.45, 2.75) is 12.8 Å². The molecule has 198 valence electrons. The minimum absolute atomic E-state index is 0.106. The molecule has 0 saturated heterocycles. The second kappa shape index (κ2) is 14.0. The van der Waals surface area contributed by atoms with E-state index in [1.807, 2.05) is 0 Å².